The van der Waals surface area contributed by atoms with Crippen molar-refractivity contribution in [1.82, 2.24) is 4.98 Å². The smallest absolute Gasteiger partial charge is 0.220 e. The molecule has 0 spiro atoms. The summed E-state index contributed by atoms with van der Waals surface area (Å²) >= 11 is 6.00. The molecule has 1 aromatic heterocycles. The van der Waals surface area contributed by atoms with Gasteiger partial charge in [0.15, 0.2) is 0 Å². The molecule has 0 radical (unpaired) electrons. The summed E-state index contributed by atoms with van der Waals surface area (Å²) in [7, 11) is 0. The summed E-state index contributed by atoms with van der Waals surface area (Å²) in [5.41, 5.74) is 2.55. The van der Waals surface area contributed by atoms with E-state index >= 15 is 0 Å². The highest BCUT2D eigenvalue weighted by Gasteiger charge is 2.08. The molecule has 3 rings (SSSR count). The third-order valence-electron chi connectivity index (χ3n) is 3.31. The summed E-state index contributed by atoms with van der Waals surface area (Å²) in [6.07, 6.45) is 0. The number of halogens is 1. The van der Waals surface area contributed by atoms with Gasteiger partial charge >= 0.3 is 0 Å². The zero-order valence-electron chi connectivity index (χ0n) is 11.5. The van der Waals surface area contributed by atoms with Gasteiger partial charge in [-0.25, -0.2) is 4.98 Å². The Hall–Kier alpha value is -2.10. The van der Waals surface area contributed by atoms with E-state index in [0.29, 0.717) is 16.7 Å². The molecule has 0 fully saturated rings. The van der Waals surface area contributed by atoms with Crippen molar-refractivity contribution in [1.29, 1.82) is 0 Å². The van der Waals surface area contributed by atoms with Crippen LogP contribution in [0.5, 0.6) is 11.6 Å². The Bertz CT molecular complexity index is 802. The van der Waals surface area contributed by atoms with Crippen molar-refractivity contribution in [2.75, 3.05) is 0 Å². The van der Waals surface area contributed by atoms with Gasteiger partial charge in [0.2, 0.25) is 5.88 Å². The van der Waals surface area contributed by atoms with E-state index in [4.69, 9.17) is 16.3 Å². The van der Waals surface area contributed by atoms with Crippen LogP contribution in [-0.4, -0.2) is 10.1 Å². The second kappa shape index (κ2) is 5.72. The number of benzene rings is 2. The molecule has 0 aliphatic carbocycles. The lowest BCUT2D eigenvalue weighted by Crippen LogP contribution is -1.95. The molecule has 21 heavy (non-hydrogen) atoms. The summed E-state index contributed by atoms with van der Waals surface area (Å²) in [5.74, 6) is 1.11. The van der Waals surface area contributed by atoms with Crippen LogP contribution < -0.4 is 4.74 Å². The number of fused-ring (bicyclic) bond motifs is 1. The lowest BCUT2D eigenvalue weighted by molar-refractivity contribution is 0.282. The van der Waals surface area contributed by atoms with Crippen molar-refractivity contribution >= 4 is 22.5 Å². The van der Waals surface area contributed by atoms with E-state index in [1.165, 1.54) is 0 Å². The van der Waals surface area contributed by atoms with Crippen molar-refractivity contribution in [2.24, 2.45) is 0 Å². The Morgan fingerprint density at radius 1 is 1.14 bits per heavy atom. The first kappa shape index (κ1) is 13.9. The summed E-state index contributed by atoms with van der Waals surface area (Å²) in [5, 5.41) is 11.1. The van der Waals surface area contributed by atoms with Crippen LogP contribution in [0.1, 0.15) is 11.1 Å². The average molecular weight is 300 g/mol. The molecule has 3 aromatic rings. The molecule has 0 saturated heterocycles. The van der Waals surface area contributed by atoms with Gasteiger partial charge < -0.3 is 9.84 Å². The molecular formula is C17H14ClNO2. The molecule has 0 saturated carbocycles. The highest BCUT2D eigenvalue weighted by atomic mass is 35.5. The largest absolute Gasteiger partial charge is 0.439 e. The van der Waals surface area contributed by atoms with Gasteiger partial charge in [-0.3, -0.25) is 0 Å². The lowest BCUT2D eigenvalue weighted by atomic mass is 10.1. The van der Waals surface area contributed by atoms with Gasteiger partial charge in [0, 0.05) is 16.5 Å². The fraction of sp³-hybridized carbons (Fsp3) is 0.118. The van der Waals surface area contributed by atoms with E-state index < -0.39 is 0 Å². The molecule has 3 nitrogen and oxygen atoms in total. The Labute approximate surface area is 127 Å². The van der Waals surface area contributed by atoms with Crippen LogP contribution in [0.4, 0.5) is 0 Å². The van der Waals surface area contributed by atoms with E-state index in [9.17, 15) is 5.11 Å². The normalized spacial score (nSPS) is 10.8. The molecule has 0 unspecified atom stereocenters. The highest BCUT2D eigenvalue weighted by Crippen LogP contribution is 2.29. The molecule has 106 valence electrons. The van der Waals surface area contributed by atoms with Gasteiger partial charge in [0.1, 0.15) is 5.75 Å². The Balaban J connectivity index is 2.06. The van der Waals surface area contributed by atoms with E-state index in [1.807, 2.05) is 43.3 Å². The molecule has 0 amide bonds. The number of aliphatic hydroxyl groups excluding tert-OH is 1. The second-order valence-electron chi connectivity index (χ2n) is 4.81. The molecule has 4 heteroatoms. The number of para-hydroxylation sites is 1. The number of hydrogen-bond donors (Lipinski definition) is 1. The number of pyridine rings is 1. The Kier molecular flexibility index (Phi) is 3.78. The maximum atomic E-state index is 9.52. The quantitative estimate of drug-likeness (QED) is 0.775. The van der Waals surface area contributed by atoms with Crippen LogP contribution >= 0.6 is 11.6 Å². The van der Waals surface area contributed by atoms with Crippen LogP contribution in [0.3, 0.4) is 0 Å². The summed E-state index contributed by atoms with van der Waals surface area (Å²) in [6.45, 7) is 1.88. The number of aryl methyl sites for hydroxylation is 1. The third-order valence-corrected chi connectivity index (χ3v) is 3.55. The predicted octanol–water partition coefficient (Wildman–Crippen LogP) is 4.48. The molecule has 0 bridgehead atoms. The van der Waals surface area contributed by atoms with Gasteiger partial charge in [-0.1, -0.05) is 35.9 Å². The average Bonchev–Trinajstić information content (AvgIpc) is 2.50. The monoisotopic (exact) mass is 299 g/mol. The third kappa shape index (κ3) is 2.84. The molecule has 1 N–H and O–H groups in total. The SMILES string of the molecule is Cc1ccc(Cl)cc1Oc1cc(CO)c2ccccc2n1. The minimum absolute atomic E-state index is 0.0616. The van der Waals surface area contributed by atoms with E-state index in [0.717, 1.165) is 22.0 Å². The van der Waals surface area contributed by atoms with Gasteiger partial charge in [0.05, 0.1) is 12.1 Å². The number of aliphatic hydroxyl groups is 1. The minimum Gasteiger partial charge on any atom is -0.439 e. The van der Waals surface area contributed by atoms with Gasteiger partial charge in [0.25, 0.3) is 0 Å². The van der Waals surface area contributed by atoms with E-state index in [1.54, 1.807) is 12.1 Å². The number of ether oxygens (including phenoxy) is 1. The topological polar surface area (TPSA) is 42.4 Å². The number of aromatic nitrogens is 1. The molecule has 0 aliphatic heterocycles. The van der Waals surface area contributed by atoms with Crippen molar-refractivity contribution in [3.05, 3.63) is 64.7 Å². The van der Waals surface area contributed by atoms with Crippen LogP contribution in [0.25, 0.3) is 10.9 Å². The zero-order chi connectivity index (χ0) is 14.8. The Morgan fingerprint density at radius 2 is 1.95 bits per heavy atom. The van der Waals surface area contributed by atoms with E-state index in [2.05, 4.69) is 4.98 Å². The fourth-order valence-corrected chi connectivity index (χ4v) is 2.36. The fourth-order valence-electron chi connectivity index (χ4n) is 2.20. The molecule has 1 heterocycles. The van der Waals surface area contributed by atoms with Gasteiger partial charge in [-0.2, -0.15) is 0 Å². The number of hydrogen-bond acceptors (Lipinski definition) is 3. The highest BCUT2D eigenvalue weighted by molar-refractivity contribution is 6.30. The van der Waals surface area contributed by atoms with Crippen LogP contribution in [-0.2, 0) is 6.61 Å². The summed E-state index contributed by atoms with van der Waals surface area (Å²) in [6, 6.07) is 14.9. The van der Waals surface area contributed by atoms with Gasteiger partial charge in [-0.15, -0.1) is 0 Å². The maximum Gasteiger partial charge on any atom is 0.220 e. The lowest BCUT2D eigenvalue weighted by Gasteiger charge is -2.11. The van der Waals surface area contributed by atoms with Crippen molar-refractivity contribution in [3.8, 4) is 11.6 Å². The Morgan fingerprint density at radius 3 is 2.76 bits per heavy atom. The summed E-state index contributed by atoms with van der Waals surface area (Å²) < 4.78 is 5.83. The number of rotatable bonds is 3. The molecular weight excluding hydrogens is 286 g/mol. The second-order valence-corrected chi connectivity index (χ2v) is 5.24. The first-order valence-corrected chi connectivity index (χ1v) is 6.98. The maximum absolute atomic E-state index is 9.52. The van der Waals surface area contributed by atoms with Crippen LogP contribution in [0.15, 0.2) is 48.5 Å². The number of nitrogens with zero attached hydrogens (tertiary/aromatic N) is 1. The first-order chi connectivity index (χ1) is 10.2. The predicted molar refractivity (Wildman–Crippen MR) is 83.9 cm³/mol. The standard InChI is InChI=1S/C17H14ClNO2/c1-11-6-7-13(18)9-16(11)21-17-8-12(10-20)14-4-2-3-5-15(14)19-17/h2-9,20H,10H2,1H3. The molecule has 0 aliphatic rings. The van der Waals surface area contributed by atoms with E-state index in [-0.39, 0.29) is 6.61 Å². The van der Waals surface area contributed by atoms with Crippen LogP contribution in [0.2, 0.25) is 5.02 Å². The van der Waals surface area contributed by atoms with Crippen molar-refractivity contribution in [3.63, 3.8) is 0 Å². The summed E-state index contributed by atoms with van der Waals surface area (Å²) in [4.78, 5) is 4.47. The zero-order valence-corrected chi connectivity index (χ0v) is 12.3. The van der Waals surface area contributed by atoms with Crippen molar-refractivity contribution in [2.45, 2.75) is 13.5 Å². The van der Waals surface area contributed by atoms with Crippen LogP contribution in [0, 0.1) is 6.92 Å². The van der Waals surface area contributed by atoms with Gasteiger partial charge in [-0.05, 0) is 36.2 Å². The molecule has 2 aromatic carbocycles. The van der Waals surface area contributed by atoms with Crippen molar-refractivity contribution < 1.29 is 9.84 Å². The minimum atomic E-state index is -0.0616. The molecule has 0 atom stereocenters. The first-order valence-electron chi connectivity index (χ1n) is 6.61.